The van der Waals surface area contributed by atoms with Crippen LogP contribution in [0, 0.1) is 11.8 Å². The minimum atomic E-state index is -0.438. The predicted molar refractivity (Wildman–Crippen MR) is 54.4 cm³/mol. The Balaban J connectivity index is 1.92. The Kier molecular flexibility index (Phi) is 2.46. The van der Waals surface area contributed by atoms with Gasteiger partial charge in [-0.2, -0.15) is 0 Å². The molecule has 1 nitrogen and oxygen atoms in total. The molecule has 0 saturated heterocycles. The second-order valence-electron chi connectivity index (χ2n) is 4.82. The van der Waals surface area contributed by atoms with E-state index in [9.17, 15) is 5.11 Å². The molecule has 1 saturated carbocycles. The summed E-state index contributed by atoms with van der Waals surface area (Å²) in [5.41, 5.74) is -0.438. The van der Waals surface area contributed by atoms with E-state index in [-0.39, 0.29) is 0 Å². The number of aliphatic hydroxyl groups is 1. The summed E-state index contributed by atoms with van der Waals surface area (Å²) in [7, 11) is 0. The highest BCUT2D eigenvalue weighted by atomic mass is 16.3. The van der Waals surface area contributed by atoms with Gasteiger partial charge in [-0.25, -0.2) is 0 Å². The summed E-state index contributed by atoms with van der Waals surface area (Å²) >= 11 is 0. The molecule has 74 valence electrons. The SMILES string of the molecule is CCC1C=CC(O)(CC2CC2)CC1. The van der Waals surface area contributed by atoms with Crippen molar-refractivity contribution < 1.29 is 5.11 Å². The molecule has 2 unspecified atom stereocenters. The van der Waals surface area contributed by atoms with Crippen molar-refractivity contribution in [2.45, 2.75) is 51.0 Å². The van der Waals surface area contributed by atoms with Gasteiger partial charge in [0.15, 0.2) is 0 Å². The van der Waals surface area contributed by atoms with Gasteiger partial charge in [0, 0.05) is 0 Å². The van der Waals surface area contributed by atoms with E-state index < -0.39 is 5.60 Å². The molecule has 2 atom stereocenters. The van der Waals surface area contributed by atoms with Crippen LogP contribution in [0.1, 0.15) is 45.4 Å². The molecule has 2 aliphatic rings. The first-order valence-electron chi connectivity index (χ1n) is 5.63. The second-order valence-corrected chi connectivity index (χ2v) is 4.82. The average Bonchev–Trinajstić information content (AvgIpc) is 2.89. The molecule has 0 radical (unpaired) electrons. The largest absolute Gasteiger partial charge is 0.386 e. The summed E-state index contributed by atoms with van der Waals surface area (Å²) in [6.45, 7) is 2.22. The van der Waals surface area contributed by atoms with Crippen molar-refractivity contribution in [3.8, 4) is 0 Å². The fourth-order valence-corrected chi connectivity index (χ4v) is 2.26. The zero-order valence-corrected chi connectivity index (χ0v) is 8.50. The Morgan fingerprint density at radius 2 is 2.15 bits per heavy atom. The number of hydrogen-bond acceptors (Lipinski definition) is 1. The molecule has 0 aliphatic heterocycles. The highest BCUT2D eigenvalue weighted by Crippen LogP contribution is 2.41. The normalized spacial score (nSPS) is 39.4. The first-order valence-corrected chi connectivity index (χ1v) is 5.63. The van der Waals surface area contributed by atoms with Gasteiger partial charge in [0.25, 0.3) is 0 Å². The highest BCUT2D eigenvalue weighted by Gasteiger charge is 2.35. The number of allylic oxidation sites excluding steroid dienone is 1. The second kappa shape index (κ2) is 3.45. The first-order chi connectivity index (χ1) is 6.22. The summed E-state index contributed by atoms with van der Waals surface area (Å²) in [5, 5.41) is 10.2. The lowest BCUT2D eigenvalue weighted by molar-refractivity contribution is 0.0540. The third kappa shape index (κ3) is 2.34. The van der Waals surface area contributed by atoms with Crippen LogP contribution < -0.4 is 0 Å². The van der Waals surface area contributed by atoms with Crippen LogP contribution in [0.4, 0.5) is 0 Å². The zero-order valence-electron chi connectivity index (χ0n) is 8.50. The summed E-state index contributed by atoms with van der Waals surface area (Å²) in [6.07, 6.45) is 11.4. The Bertz CT molecular complexity index is 205. The Morgan fingerprint density at radius 3 is 2.62 bits per heavy atom. The fraction of sp³-hybridized carbons (Fsp3) is 0.833. The van der Waals surface area contributed by atoms with Crippen LogP contribution in [0.15, 0.2) is 12.2 Å². The highest BCUT2D eigenvalue weighted by molar-refractivity contribution is 5.09. The van der Waals surface area contributed by atoms with E-state index in [0.717, 1.165) is 24.7 Å². The van der Waals surface area contributed by atoms with E-state index in [4.69, 9.17) is 0 Å². The van der Waals surface area contributed by atoms with Gasteiger partial charge in [-0.1, -0.05) is 31.9 Å². The Hall–Kier alpha value is -0.300. The predicted octanol–water partition coefficient (Wildman–Crippen LogP) is 2.89. The summed E-state index contributed by atoms with van der Waals surface area (Å²) < 4.78 is 0. The minimum Gasteiger partial charge on any atom is -0.386 e. The maximum atomic E-state index is 10.2. The molecule has 0 aromatic rings. The van der Waals surface area contributed by atoms with Crippen molar-refractivity contribution in [1.29, 1.82) is 0 Å². The van der Waals surface area contributed by atoms with Crippen LogP contribution in [-0.4, -0.2) is 10.7 Å². The molecule has 0 aromatic carbocycles. The smallest absolute Gasteiger partial charge is 0.0830 e. The molecule has 1 N–H and O–H groups in total. The van der Waals surface area contributed by atoms with E-state index in [1.54, 1.807) is 0 Å². The lowest BCUT2D eigenvalue weighted by Crippen LogP contribution is -2.30. The lowest BCUT2D eigenvalue weighted by Gasteiger charge is -2.30. The molecule has 2 rings (SSSR count). The molecule has 0 bridgehead atoms. The van der Waals surface area contributed by atoms with Gasteiger partial charge >= 0.3 is 0 Å². The average molecular weight is 180 g/mol. The van der Waals surface area contributed by atoms with Crippen LogP contribution in [0.5, 0.6) is 0 Å². The maximum absolute atomic E-state index is 10.2. The molecular weight excluding hydrogens is 160 g/mol. The van der Waals surface area contributed by atoms with Gasteiger partial charge < -0.3 is 5.11 Å². The van der Waals surface area contributed by atoms with Gasteiger partial charge in [-0.15, -0.1) is 0 Å². The fourth-order valence-electron chi connectivity index (χ4n) is 2.26. The van der Waals surface area contributed by atoms with Crippen LogP contribution in [0.2, 0.25) is 0 Å². The van der Waals surface area contributed by atoms with Gasteiger partial charge in [-0.05, 0) is 37.5 Å². The minimum absolute atomic E-state index is 0.438. The van der Waals surface area contributed by atoms with Crippen molar-refractivity contribution in [3.63, 3.8) is 0 Å². The summed E-state index contributed by atoms with van der Waals surface area (Å²) in [6, 6.07) is 0. The molecule has 13 heavy (non-hydrogen) atoms. The molecule has 0 spiro atoms. The quantitative estimate of drug-likeness (QED) is 0.662. The number of hydrogen-bond donors (Lipinski definition) is 1. The van der Waals surface area contributed by atoms with Gasteiger partial charge in [0.2, 0.25) is 0 Å². The van der Waals surface area contributed by atoms with Crippen LogP contribution in [0.3, 0.4) is 0 Å². The Labute approximate surface area is 80.8 Å². The molecule has 2 aliphatic carbocycles. The third-order valence-corrected chi connectivity index (χ3v) is 3.49. The van der Waals surface area contributed by atoms with E-state index in [0.29, 0.717) is 0 Å². The van der Waals surface area contributed by atoms with Crippen LogP contribution in [-0.2, 0) is 0 Å². The van der Waals surface area contributed by atoms with Crippen molar-refractivity contribution >= 4 is 0 Å². The van der Waals surface area contributed by atoms with Gasteiger partial charge in [0.05, 0.1) is 5.60 Å². The molecule has 0 aromatic heterocycles. The first kappa shape index (κ1) is 9.26. The molecule has 0 heterocycles. The number of rotatable bonds is 3. The van der Waals surface area contributed by atoms with E-state index in [1.165, 1.54) is 25.7 Å². The van der Waals surface area contributed by atoms with Crippen molar-refractivity contribution in [1.82, 2.24) is 0 Å². The zero-order chi connectivity index (χ0) is 9.31. The monoisotopic (exact) mass is 180 g/mol. The lowest BCUT2D eigenvalue weighted by atomic mass is 9.81. The molecular formula is C12H20O. The Morgan fingerprint density at radius 1 is 1.38 bits per heavy atom. The van der Waals surface area contributed by atoms with E-state index in [1.807, 2.05) is 0 Å². The standard InChI is InChI=1S/C12H20O/c1-2-10-5-7-12(13,8-6-10)9-11-3-4-11/h5,7,10-11,13H,2-4,6,8-9H2,1H3. The van der Waals surface area contributed by atoms with Crippen LogP contribution >= 0.6 is 0 Å². The van der Waals surface area contributed by atoms with Crippen molar-refractivity contribution in [2.75, 3.05) is 0 Å². The topological polar surface area (TPSA) is 20.2 Å². The van der Waals surface area contributed by atoms with E-state index >= 15 is 0 Å². The van der Waals surface area contributed by atoms with E-state index in [2.05, 4.69) is 19.1 Å². The van der Waals surface area contributed by atoms with Crippen molar-refractivity contribution in [3.05, 3.63) is 12.2 Å². The van der Waals surface area contributed by atoms with Crippen LogP contribution in [0.25, 0.3) is 0 Å². The maximum Gasteiger partial charge on any atom is 0.0830 e. The molecule has 0 amide bonds. The molecule has 1 heteroatoms. The van der Waals surface area contributed by atoms with Gasteiger partial charge in [0.1, 0.15) is 0 Å². The van der Waals surface area contributed by atoms with Crippen molar-refractivity contribution in [2.24, 2.45) is 11.8 Å². The summed E-state index contributed by atoms with van der Waals surface area (Å²) in [5.74, 6) is 1.55. The molecule has 1 fully saturated rings. The summed E-state index contributed by atoms with van der Waals surface area (Å²) in [4.78, 5) is 0. The van der Waals surface area contributed by atoms with Gasteiger partial charge in [-0.3, -0.25) is 0 Å². The third-order valence-electron chi connectivity index (χ3n) is 3.49.